The lowest BCUT2D eigenvalue weighted by Gasteiger charge is -2.24. The molecule has 0 atom stereocenters. The fourth-order valence-corrected chi connectivity index (χ4v) is 3.36. The SMILES string of the molecule is COc1ccc(/C=C/C(=O)N2CCc3c(noc3-c3ccc(Cl)cc3)C2)cc1. The van der Waals surface area contributed by atoms with Gasteiger partial charge in [-0.3, -0.25) is 4.79 Å². The lowest BCUT2D eigenvalue weighted by atomic mass is 10.0. The third-order valence-corrected chi connectivity index (χ3v) is 5.05. The molecule has 0 bridgehead atoms. The molecular weight excluding hydrogens is 376 g/mol. The van der Waals surface area contributed by atoms with Crippen molar-refractivity contribution in [1.82, 2.24) is 10.1 Å². The number of fused-ring (bicyclic) bond motifs is 1. The Morgan fingerprint density at radius 2 is 1.93 bits per heavy atom. The van der Waals surface area contributed by atoms with Crippen LogP contribution in [0.25, 0.3) is 17.4 Å². The number of ether oxygens (including phenoxy) is 1. The minimum atomic E-state index is -0.0440. The topological polar surface area (TPSA) is 55.6 Å². The maximum Gasteiger partial charge on any atom is 0.246 e. The molecule has 2 aromatic carbocycles. The molecule has 1 aliphatic heterocycles. The van der Waals surface area contributed by atoms with Crippen LogP contribution in [0.2, 0.25) is 5.02 Å². The van der Waals surface area contributed by atoms with Crippen molar-refractivity contribution in [2.45, 2.75) is 13.0 Å². The van der Waals surface area contributed by atoms with Gasteiger partial charge in [0.2, 0.25) is 5.91 Å². The average molecular weight is 395 g/mol. The minimum absolute atomic E-state index is 0.0440. The van der Waals surface area contributed by atoms with Gasteiger partial charge in [-0.05, 0) is 54.5 Å². The molecule has 0 fully saturated rings. The van der Waals surface area contributed by atoms with Gasteiger partial charge < -0.3 is 14.2 Å². The molecule has 1 aliphatic rings. The second-order valence-electron chi connectivity index (χ2n) is 6.56. The van der Waals surface area contributed by atoms with Crippen molar-refractivity contribution in [3.63, 3.8) is 0 Å². The van der Waals surface area contributed by atoms with Gasteiger partial charge in [0, 0.05) is 28.8 Å². The standard InChI is InChI=1S/C22H19ClN2O3/c1-27-18-9-2-15(3-10-18)4-11-21(26)25-13-12-19-20(14-25)24-28-22(19)16-5-7-17(23)8-6-16/h2-11H,12-14H2,1H3/b11-4+. The molecule has 0 saturated carbocycles. The van der Waals surface area contributed by atoms with Crippen molar-refractivity contribution in [3.8, 4) is 17.1 Å². The Morgan fingerprint density at radius 3 is 2.64 bits per heavy atom. The highest BCUT2D eigenvalue weighted by Gasteiger charge is 2.26. The Morgan fingerprint density at radius 1 is 1.18 bits per heavy atom. The molecule has 28 heavy (non-hydrogen) atoms. The quantitative estimate of drug-likeness (QED) is 0.607. The first-order valence-corrected chi connectivity index (χ1v) is 9.36. The second-order valence-corrected chi connectivity index (χ2v) is 7.00. The Kier molecular flexibility index (Phi) is 5.17. The summed E-state index contributed by atoms with van der Waals surface area (Å²) in [6.45, 7) is 1.07. The molecule has 5 nitrogen and oxygen atoms in total. The summed E-state index contributed by atoms with van der Waals surface area (Å²) < 4.78 is 10.7. The van der Waals surface area contributed by atoms with E-state index in [1.165, 1.54) is 0 Å². The fourth-order valence-electron chi connectivity index (χ4n) is 3.23. The van der Waals surface area contributed by atoms with Crippen molar-refractivity contribution < 1.29 is 14.1 Å². The Hall–Kier alpha value is -3.05. The van der Waals surface area contributed by atoms with E-state index in [2.05, 4.69) is 5.16 Å². The third kappa shape index (κ3) is 3.80. The number of methoxy groups -OCH3 is 1. The van der Waals surface area contributed by atoms with E-state index in [0.717, 1.165) is 33.9 Å². The number of amides is 1. The molecule has 0 radical (unpaired) electrons. The van der Waals surface area contributed by atoms with Crippen LogP contribution in [0.3, 0.4) is 0 Å². The molecule has 1 amide bonds. The van der Waals surface area contributed by atoms with Crippen LogP contribution in [0.4, 0.5) is 0 Å². The predicted molar refractivity (Wildman–Crippen MR) is 108 cm³/mol. The highest BCUT2D eigenvalue weighted by Crippen LogP contribution is 2.31. The number of aromatic nitrogens is 1. The van der Waals surface area contributed by atoms with Gasteiger partial charge >= 0.3 is 0 Å². The summed E-state index contributed by atoms with van der Waals surface area (Å²) in [5.74, 6) is 1.50. The van der Waals surface area contributed by atoms with Crippen molar-refractivity contribution in [2.24, 2.45) is 0 Å². The van der Waals surface area contributed by atoms with E-state index in [0.29, 0.717) is 24.5 Å². The van der Waals surface area contributed by atoms with Crippen LogP contribution in [0.1, 0.15) is 16.8 Å². The van der Waals surface area contributed by atoms with E-state index in [4.69, 9.17) is 20.9 Å². The average Bonchev–Trinajstić information content (AvgIpc) is 3.16. The van der Waals surface area contributed by atoms with Crippen molar-refractivity contribution in [3.05, 3.63) is 76.5 Å². The first-order valence-electron chi connectivity index (χ1n) is 8.98. The smallest absolute Gasteiger partial charge is 0.246 e. The number of rotatable bonds is 4. The summed E-state index contributed by atoms with van der Waals surface area (Å²) in [4.78, 5) is 14.3. The van der Waals surface area contributed by atoms with Crippen molar-refractivity contribution in [2.75, 3.05) is 13.7 Å². The largest absolute Gasteiger partial charge is 0.497 e. The Bertz CT molecular complexity index is 1010. The molecular formula is C22H19ClN2O3. The van der Waals surface area contributed by atoms with Gasteiger partial charge in [0.25, 0.3) is 0 Å². The number of nitrogens with zero attached hydrogens (tertiary/aromatic N) is 2. The maximum absolute atomic E-state index is 12.6. The fraction of sp³-hybridized carbons (Fsp3) is 0.182. The van der Waals surface area contributed by atoms with Gasteiger partial charge in [-0.1, -0.05) is 28.9 Å². The number of halogens is 1. The van der Waals surface area contributed by atoms with Crippen molar-refractivity contribution >= 4 is 23.6 Å². The van der Waals surface area contributed by atoms with Gasteiger partial charge in [-0.15, -0.1) is 0 Å². The molecule has 0 N–H and O–H groups in total. The van der Waals surface area contributed by atoms with E-state index in [9.17, 15) is 4.79 Å². The van der Waals surface area contributed by atoms with Gasteiger partial charge in [-0.25, -0.2) is 0 Å². The van der Waals surface area contributed by atoms with E-state index in [1.54, 1.807) is 24.2 Å². The Balaban J connectivity index is 1.45. The number of hydrogen-bond acceptors (Lipinski definition) is 4. The molecule has 0 spiro atoms. The van der Waals surface area contributed by atoms with E-state index < -0.39 is 0 Å². The molecule has 4 rings (SSSR count). The van der Waals surface area contributed by atoms with E-state index in [-0.39, 0.29) is 5.91 Å². The summed E-state index contributed by atoms with van der Waals surface area (Å²) in [5, 5.41) is 4.86. The summed E-state index contributed by atoms with van der Waals surface area (Å²) >= 11 is 5.96. The predicted octanol–water partition coefficient (Wildman–Crippen LogP) is 4.60. The number of carbonyl (C=O) groups is 1. The monoisotopic (exact) mass is 394 g/mol. The van der Waals surface area contributed by atoms with Crippen LogP contribution in [-0.2, 0) is 17.8 Å². The van der Waals surface area contributed by atoms with Crippen LogP contribution in [0, 0.1) is 0 Å². The van der Waals surface area contributed by atoms with Crippen LogP contribution in [-0.4, -0.2) is 29.6 Å². The van der Waals surface area contributed by atoms with Gasteiger partial charge in [-0.2, -0.15) is 0 Å². The first kappa shape index (κ1) is 18.3. The summed E-state index contributed by atoms with van der Waals surface area (Å²) in [6.07, 6.45) is 4.10. The lowest BCUT2D eigenvalue weighted by Crippen LogP contribution is -2.34. The van der Waals surface area contributed by atoms with Gasteiger partial charge in [0.1, 0.15) is 11.4 Å². The minimum Gasteiger partial charge on any atom is -0.497 e. The maximum atomic E-state index is 12.6. The zero-order chi connectivity index (χ0) is 19.5. The van der Waals surface area contributed by atoms with Crippen LogP contribution >= 0.6 is 11.6 Å². The second kappa shape index (κ2) is 7.90. The molecule has 3 aromatic rings. The molecule has 6 heteroatoms. The normalized spacial score (nSPS) is 13.6. The summed E-state index contributed by atoms with van der Waals surface area (Å²) in [7, 11) is 1.63. The zero-order valence-corrected chi connectivity index (χ0v) is 16.1. The number of carbonyl (C=O) groups excluding carboxylic acids is 1. The summed E-state index contributed by atoms with van der Waals surface area (Å²) in [6, 6.07) is 15.0. The molecule has 0 unspecified atom stereocenters. The highest BCUT2D eigenvalue weighted by molar-refractivity contribution is 6.30. The van der Waals surface area contributed by atoms with Gasteiger partial charge in [0.05, 0.1) is 13.7 Å². The molecule has 142 valence electrons. The third-order valence-electron chi connectivity index (χ3n) is 4.79. The van der Waals surface area contributed by atoms with Crippen LogP contribution in [0.5, 0.6) is 5.75 Å². The van der Waals surface area contributed by atoms with E-state index in [1.807, 2.05) is 48.5 Å². The molecule has 2 heterocycles. The zero-order valence-electron chi connectivity index (χ0n) is 15.4. The first-order chi connectivity index (χ1) is 13.6. The number of benzene rings is 2. The molecule has 1 aromatic heterocycles. The Labute approximate surface area is 168 Å². The van der Waals surface area contributed by atoms with Crippen LogP contribution < -0.4 is 4.74 Å². The van der Waals surface area contributed by atoms with E-state index >= 15 is 0 Å². The van der Waals surface area contributed by atoms with Gasteiger partial charge in [0.15, 0.2) is 5.76 Å². The highest BCUT2D eigenvalue weighted by atomic mass is 35.5. The van der Waals surface area contributed by atoms with Crippen molar-refractivity contribution in [1.29, 1.82) is 0 Å². The molecule has 0 saturated heterocycles. The molecule has 0 aliphatic carbocycles. The van der Waals surface area contributed by atoms with Crippen LogP contribution in [0.15, 0.2) is 59.1 Å². The summed E-state index contributed by atoms with van der Waals surface area (Å²) in [5.41, 5.74) is 3.75. The lowest BCUT2D eigenvalue weighted by molar-refractivity contribution is -0.126. The number of hydrogen-bond donors (Lipinski definition) is 0.